The summed E-state index contributed by atoms with van der Waals surface area (Å²) >= 11 is 0. The Morgan fingerprint density at radius 2 is 2.12 bits per heavy atom. The molecule has 0 saturated carbocycles. The van der Waals surface area contributed by atoms with Gasteiger partial charge in [0.1, 0.15) is 12.3 Å². The van der Waals surface area contributed by atoms with Gasteiger partial charge >= 0.3 is 0 Å². The first kappa shape index (κ1) is 13.5. The highest BCUT2D eigenvalue weighted by atomic mass is 16.5. The molecule has 1 aromatic heterocycles. The predicted octanol–water partition coefficient (Wildman–Crippen LogP) is 1.43. The molecule has 0 radical (unpaired) electrons. The highest BCUT2D eigenvalue weighted by Crippen LogP contribution is 2.25. The molecule has 3 N–H and O–H groups in total. The summed E-state index contributed by atoms with van der Waals surface area (Å²) in [5.41, 5.74) is 6.32. The Hall–Kier alpha value is -1.56. The van der Waals surface area contributed by atoms with Crippen LogP contribution in [0.15, 0.2) is 0 Å². The van der Waals surface area contributed by atoms with Crippen molar-refractivity contribution >= 4 is 11.5 Å². The summed E-state index contributed by atoms with van der Waals surface area (Å²) in [5, 5.41) is 2.91. The van der Waals surface area contributed by atoms with Gasteiger partial charge < -0.3 is 20.5 Å². The van der Waals surface area contributed by atoms with Crippen molar-refractivity contribution in [3.63, 3.8) is 0 Å². The van der Waals surface area contributed by atoms with Gasteiger partial charge in [0.15, 0.2) is 11.6 Å². The molecule has 0 spiro atoms. The molecule has 0 aromatic carbocycles. The molecular formula is C11H20N4O2. The summed E-state index contributed by atoms with van der Waals surface area (Å²) in [5.74, 6) is 1.54. The van der Waals surface area contributed by atoms with Crippen LogP contribution >= 0.6 is 0 Å². The fourth-order valence-electron chi connectivity index (χ4n) is 1.30. The fourth-order valence-corrected chi connectivity index (χ4v) is 1.30. The van der Waals surface area contributed by atoms with Crippen LogP contribution in [0.4, 0.5) is 11.5 Å². The summed E-state index contributed by atoms with van der Waals surface area (Å²) in [7, 11) is 3.35. The molecule has 96 valence electrons. The van der Waals surface area contributed by atoms with E-state index >= 15 is 0 Å². The number of nitrogens with two attached hydrogens (primary N) is 1. The first-order chi connectivity index (χ1) is 8.22. The van der Waals surface area contributed by atoms with Crippen molar-refractivity contribution in [1.82, 2.24) is 9.97 Å². The summed E-state index contributed by atoms with van der Waals surface area (Å²) < 4.78 is 10.5. The Morgan fingerprint density at radius 1 is 1.35 bits per heavy atom. The van der Waals surface area contributed by atoms with Gasteiger partial charge in [0.25, 0.3) is 0 Å². The summed E-state index contributed by atoms with van der Waals surface area (Å²) in [6.07, 6.45) is 2.03. The van der Waals surface area contributed by atoms with Crippen LogP contribution in [0.3, 0.4) is 0 Å². The molecule has 1 aromatic rings. The molecule has 6 heteroatoms. The van der Waals surface area contributed by atoms with Crippen LogP contribution in [0.1, 0.15) is 25.6 Å². The maximum atomic E-state index is 5.89. The van der Waals surface area contributed by atoms with E-state index in [1.165, 1.54) is 0 Å². The summed E-state index contributed by atoms with van der Waals surface area (Å²) in [6.45, 7) is 3.04. The van der Waals surface area contributed by atoms with Crippen LogP contribution in [0.2, 0.25) is 0 Å². The first-order valence-corrected chi connectivity index (χ1v) is 5.68. The van der Waals surface area contributed by atoms with Crippen LogP contribution < -0.4 is 15.8 Å². The topological polar surface area (TPSA) is 82.3 Å². The molecule has 1 rings (SSSR count). The standard InChI is InChI=1S/C11H20N4O2/c1-4-5-6-17-11-9(12)10(13-2)14-8(15-11)7-16-3/h4-7,12H2,1-3H3,(H,13,14,15). The normalized spacial score (nSPS) is 10.3. The largest absolute Gasteiger partial charge is 0.476 e. The number of hydrogen-bond donors (Lipinski definition) is 2. The van der Waals surface area contributed by atoms with Crippen molar-refractivity contribution in [3.05, 3.63) is 5.82 Å². The molecule has 0 aliphatic carbocycles. The Labute approximate surface area is 102 Å². The van der Waals surface area contributed by atoms with Crippen LogP contribution in [0, 0.1) is 0 Å². The molecule has 0 atom stereocenters. The van der Waals surface area contributed by atoms with Gasteiger partial charge in [-0.3, -0.25) is 0 Å². The van der Waals surface area contributed by atoms with Crippen molar-refractivity contribution in [3.8, 4) is 5.88 Å². The van der Waals surface area contributed by atoms with Crippen LogP contribution in [-0.2, 0) is 11.3 Å². The number of nitrogen functional groups attached to an aromatic ring is 1. The molecular weight excluding hydrogens is 220 g/mol. The van der Waals surface area contributed by atoms with E-state index in [0.29, 0.717) is 36.4 Å². The lowest BCUT2D eigenvalue weighted by Crippen LogP contribution is -2.10. The lowest BCUT2D eigenvalue weighted by Gasteiger charge is -2.12. The minimum atomic E-state index is 0.332. The van der Waals surface area contributed by atoms with Gasteiger partial charge in [-0.15, -0.1) is 0 Å². The van der Waals surface area contributed by atoms with Crippen molar-refractivity contribution in [2.24, 2.45) is 0 Å². The zero-order chi connectivity index (χ0) is 12.7. The number of methoxy groups -OCH3 is 1. The van der Waals surface area contributed by atoms with Gasteiger partial charge in [-0.1, -0.05) is 13.3 Å². The molecule has 6 nitrogen and oxygen atoms in total. The quantitative estimate of drug-likeness (QED) is 0.701. The number of nitrogens with one attached hydrogen (secondary N) is 1. The Balaban J connectivity index is 2.88. The monoisotopic (exact) mass is 240 g/mol. The van der Waals surface area contributed by atoms with Crippen molar-refractivity contribution in [1.29, 1.82) is 0 Å². The Bertz CT molecular complexity index is 358. The van der Waals surface area contributed by atoms with E-state index in [4.69, 9.17) is 15.2 Å². The number of hydrogen-bond acceptors (Lipinski definition) is 6. The number of unbranched alkanes of at least 4 members (excludes halogenated alkanes) is 1. The molecule has 1 heterocycles. The van der Waals surface area contributed by atoms with Crippen molar-refractivity contribution < 1.29 is 9.47 Å². The maximum Gasteiger partial charge on any atom is 0.242 e. The minimum absolute atomic E-state index is 0.332. The lowest BCUT2D eigenvalue weighted by molar-refractivity contribution is 0.176. The zero-order valence-corrected chi connectivity index (χ0v) is 10.6. The highest BCUT2D eigenvalue weighted by molar-refractivity contribution is 5.66. The lowest BCUT2D eigenvalue weighted by atomic mass is 10.3. The van der Waals surface area contributed by atoms with E-state index in [-0.39, 0.29) is 0 Å². The Kier molecular flexibility index (Phi) is 5.48. The average Bonchev–Trinajstić information content (AvgIpc) is 2.33. The van der Waals surface area contributed by atoms with E-state index in [0.717, 1.165) is 12.8 Å². The molecule has 17 heavy (non-hydrogen) atoms. The number of aromatic nitrogens is 2. The molecule has 0 amide bonds. The third-order valence-electron chi connectivity index (χ3n) is 2.20. The maximum absolute atomic E-state index is 5.89. The van der Waals surface area contributed by atoms with Gasteiger partial charge in [-0.05, 0) is 6.42 Å². The number of rotatable bonds is 7. The van der Waals surface area contributed by atoms with Crippen molar-refractivity contribution in [2.75, 3.05) is 31.8 Å². The molecule has 0 bridgehead atoms. The van der Waals surface area contributed by atoms with Gasteiger partial charge in [-0.2, -0.15) is 4.98 Å². The van der Waals surface area contributed by atoms with Crippen molar-refractivity contribution in [2.45, 2.75) is 26.4 Å². The van der Waals surface area contributed by atoms with E-state index in [1.54, 1.807) is 14.2 Å². The van der Waals surface area contributed by atoms with E-state index in [9.17, 15) is 0 Å². The van der Waals surface area contributed by atoms with Gasteiger partial charge in [0.05, 0.1) is 6.61 Å². The van der Waals surface area contributed by atoms with Gasteiger partial charge in [0.2, 0.25) is 5.88 Å². The smallest absolute Gasteiger partial charge is 0.242 e. The fraction of sp³-hybridized carbons (Fsp3) is 0.636. The van der Waals surface area contributed by atoms with E-state index in [2.05, 4.69) is 22.2 Å². The van der Waals surface area contributed by atoms with Crippen LogP contribution in [-0.4, -0.2) is 30.7 Å². The average molecular weight is 240 g/mol. The number of anilines is 2. The molecule has 0 unspecified atom stereocenters. The van der Waals surface area contributed by atoms with Gasteiger partial charge in [-0.25, -0.2) is 4.98 Å². The Morgan fingerprint density at radius 3 is 2.71 bits per heavy atom. The first-order valence-electron chi connectivity index (χ1n) is 5.68. The van der Waals surface area contributed by atoms with E-state index in [1.807, 2.05) is 0 Å². The predicted molar refractivity (Wildman–Crippen MR) is 67.1 cm³/mol. The van der Waals surface area contributed by atoms with Gasteiger partial charge in [0, 0.05) is 14.2 Å². The second-order valence-corrected chi connectivity index (χ2v) is 3.59. The third-order valence-corrected chi connectivity index (χ3v) is 2.20. The second kappa shape index (κ2) is 6.90. The van der Waals surface area contributed by atoms with E-state index < -0.39 is 0 Å². The molecule has 0 fully saturated rings. The summed E-state index contributed by atoms with van der Waals surface area (Å²) in [4.78, 5) is 8.44. The molecule has 0 aliphatic rings. The molecule has 0 aliphatic heterocycles. The second-order valence-electron chi connectivity index (χ2n) is 3.59. The number of nitrogens with zero attached hydrogens (tertiary/aromatic N) is 2. The minimum Gasteiger partial charge on any atom is -0.476 e. The summed E-state index contributed by atoms with van der Waals surface area (Å²) in [6, 6.07) is 0. The number of ether oxygens (including phenoxy) is 2. The SMILES string of the molecule is CCCCOc1nc(COC)nc(NC)c1N. The van der Waals surface area contributed by atoms with Crippen LogP contribution in [0.25, 0.3) is 0 Å². The van der Waals surface area contributed by atoms with Crippen LogP contribution in [0.5, 0.6) is 5.88 Å². The molecule has 0 saturated heterocycles. The highest BCUT2D eigenvalue weighted by Gasteiger charge is 2.11. The zero-order valence-electron chi connectivity index (χ0n) is 10.6. The third kappa shape index (κ3) is 3.74.